The van der Waals surface area contributed by atoms with Crippen LogP contribution < -0.4 is 10.6 Å². The van der Waals surface area contributed by atoms with Gasteiger partial charge in [0, 0.05) is 25.3 Å². The lowest BCUT2D eigenvalue weighted by atomic mass is 10.0. The molecular weight excluding hydrogens is 241 g/mol. The van der Waals surface area contributed by atoms with Gasteiger partial charge in [0.25, 0.3) is 0 Å². The molecule has 0 fully saturated rings. The van der Waals surface area contributed by atoms with Crippen molar-refractivity contribution in [2.45, 2.75) is 26.7 Å². The molecule has 1 heterocycles. The molecular formula is C15H26FN3. The summed E-state index contributed by atoms with van der Waals surface area (Å²) in [6, 6.07) is 3.33. The highest BCUT2D eigenvalue weighted by molar-refractivity contribution is 5.62. The van der Waals surface area contributed by atoms with Gasteiger partial charge in [0.1, 0.15) is 5.82 Å². The molecule has 4 heteroatoms. The van der Waals surface area contributed by atoms with Crippen LogP contribution in [-0.2, 0) is 6.42 Å². The molecule has 1 aliphatic rings. The Balaban J connectivity index is 0.000000861. The number of fused-ring (bicyclic) bond motifs is 1. The van der Waals surface area contributed by atoms with Gasteiger partial charge in [0.15, 0.2) is 0 Å². The van der Waals surface area contributed by atoms with Crippen LogP contribution in [0.1, 0.15) is 25.8 Å². The van der Waals surface area contributed by atoms with E-state index in [1.807, 2.05) is 34.0 Å². The van der Waals surface area contributed by atoms with Crippen molar-refractivity contribution in [2.75, 3.05) is 44.4 Å². The lowest BCUT2D eigenvalue weighted by Crippen LogP contribution is -2.36. The minimum atomic E-state index is -0.182. The number of nitrogens with zero attached hydrogens (tertiary/aromatic N) is 2. The van der Waals surface area contributed by atoms with E-state index in [1.165, 1.54) is 6.07 Å². The highest BCUT2D eigenvalue weighted by Gasteiger charge is 2.21. The van der Waals surface area contributed by atoms with E-state index in [-0.39, 0.29) is 5.82 Å². The molecule has 0 atom stereocenters. The van der Waals surface area contributed by atoms with Crippen molar-refractivity contribution in [1.82, 2.24) is 4.90 Å². The second-order valence-electron chi connectivity index (χ2n) is 4.90. The van der Waals surface area contributed by atoms with Gasteiger partial charge in [-0.3, -0.25) is 0 Å². The van der Waals surface area contributed by atoms with Gasteiger partial charge in [-0.1, -0.05) is 13.8 Å². The molecule has 2 rings (SSSR count). The molecule has 0 aliphatic carbocycles. The fourth-order valence-corrected chi connectivity index (χ4v) is 2.34. The Morgan fingerprint density at radius 2 is 2.00 bits per heavy atom. The van der Waals surface area contributed by atoms with Crippen molar-refractivity contribution in [3.8, 4) is 0 Å². The number of nitrogens with two attached hydrogens (primary N) is 1. The second-order valence-corrected chi connectivity index (χ2v) is 4.90. The first-order valence-electron chi connectivity index (χ1n) is 7.05. The zero-order valence-electron chi connectivity index (χ0n) is 12.5. The predicted molar refractivity (Wildman–Crippen MR) is 81.2 cm³/mol. The second kappa shape index (κ2) is 7.34. The quantitative estimate of drug-likeness (QED) is 0.855. The minimum absolute atomic E-state index is 0.182. The summed E-state index contributed by atoms with van der Waals surface area (Å²) in [5, 5.41) is 0. The molecule has 0 radical (unpaired) electrons. The average molecular weight is 267 g/mol. The van der Waals surface area contributed by atoms with E-state index in [4.69, 9.17) is 5.73 Å². The molecule has 0 aromatic heterocycles. The van der Waals surface area contributed by atoms with E-state index >= 15 is 0 Å². The number of hydrogen-bond acceptors (Lipinski definition) is 3. The summed E-state index contributed by atoms with van der Waals surface area (Å²) in [4.78, 5) is 4.25. The lowest BCUT2D eigenvalue weighted by Gasteiger charge is -2.32. The van der Waals surface area contributed by atoms with Crippen LogP contribution >= 0.6 is 0 Å². The average Bonchev–Trinajstić information content (AvgIpc) is 2.38. The third-order valence-corrected chi connectivity index (χ3v) is 3.17. The third-order valence-electron chi connectivity index (χ3n) is 3.17. The van der Waals surface area contributed by atoms with Crippen LogP contribution in [0.25, 0.3) is 0 Å². The first kappa shape index (κ1) is 15.8. The van der Waals surface area contributed by atoms with Crippen LogP contribution in [-0.4, -0.2) is 38.6 Å². The zero-order chi connectivity index (χ0) is 14.4. The summed E-state index contributed by atoms with van der Waals surface area (Å²) in [7, 11) is 4.06. The van der Waals surface area contributed by atoms with Crippen LogP contribution in [0.15, 0.2) is 12.1 Å². The topological polar surface area (TPSA) is 32.5 Å². The Bertz CT molecular complexity index is 405. The number of halogens is 1. The van der Waals surface area contributed by atoms with E-state index in [1.54, 1.807) is 0 Å². The fourth-order valence-electron chi connectivity index (χ4n) is 2.34. The highest BCUT2D eigenvalue weighted by Crippen LogP contribution is 2.31. The Morgan fingerprint density at radius 1 is 1.32 bits per heavy atom. The first-order valence-corrected chi connectivity index (χ1v) is 7.05. The number of rotatable bonds is 3. The van der Waals surface area contributed by atoms with Crippen LogP contribution in [0.5, 0.6) is 0 Å². The molecule has 0 spiro atoms. The Morgan fingerprint density at radius 3 is 2.63 bits per heavy atom. The Labute approximate surface area is 116 Å². The third kappa shape index (κ3) is 4.10. The smallest absolute Gasteiger partial charge is 0.148 e. The lowest BCUT2D eigenvalue weighted by molar-refractivity contribution is 0.410. The van der Waals surface area contributed by atoms with Crippen molar-refractivity contribution in [1.29, 1.82) is 0 Å². The van der Waals surface area contributed by atoms with E-state index in [0.29, 0.717) is 5.69 Å². The predicted octanol–water partition coefficient (Wildman–Crippen LogP) is 2.75. The van der Waals surface area contributed by atoms with Gasteiger partial charge >= 0.3 is 0 Å². The Kier molecular flexibility index (Phi) is 6.09. The molecule has 2 N–H and O–H groups in total. The normalized spacial score (nSPS) is 13.9. The Hall–Kier alpha value is -1.29. The van der Waals surface area contributed by atoms with Gasteiger partial charge in [-0.25, -0.2) is 4.39 Å². The largest absolute Gasteiger partial charge is 0.399 e. The summed E-state index contributed by atoms with van der Waals surface area (Å²) >= 11 is 0. The van der Waals surface area contributed by atoms with Gasteiger partial charge < -0.3 is 15.5 Å². The number of benzene rings is 1. The van der Waals surface area contributed by atoms with Crippen LogP contribution in [0.4, 0.5) is 15.8 Å². The molecule has 0 saturated heterocycles. The molecule has 0 amide bonds. The maximum atomic E-state index is 14.0. The van der Waals surface area contributed by atoms with E-state index in [9.17, 15) is 4.39 Å². The van der Waals surface area contributed by atoms with Crippen LogP contribution in [0, 0.1) is 5.82 Å². The summed E-state index contributed by atoms with van der Waals surface area (Å²) in [6.07, 6.45) is 2.00. The van der Waals surface area contributed by atoms with Gasteiger partial charge in [-0.15, -0.1) is 0 Å². The number of likely N-dealkylation sites (N-methyl/N-ethyl adjacent to an activating group) is 1. The summed E-state index contributed by atoms with van der Waals surface area (Å²) in [5.41, 5.74) is 8.01. The molecule has 108 valence electrons. The SMILES string of the molecule is CC.CN(C)CCN1CCCc2cc(N)cc(F)c21. The van der Waals surface area contributed by atoms with Gasteiger partial charge in [-0.05, 0) is 44.6 Å². The molecule has 1 aliphatic heterocycles. The van der Waals surface area contributed by atoms with Crippen molar-refractivity contribution in [3.63, 3.8) is 0 Å². The van der Waals surface area contributed by atoms with E-state index in [2.05, 4.69) is 9.80 Å². The van der Waals surface area contributed by atoms with Crippen LogP contribution in [0.3, 0.4) is 0 Å². The minimum Gasteiger partial charge on any atom is -0.399 e. The monoisotopic (exact) mass is 267 g/mol. The maximum Gasteiger partial charge on any atom is 0.148 e. The van der Waals surface area contributed by atoms with Gasteiger partial charge in [-0.2, -0.15) is 0 Å². The highest BCUT2D eigenvalue weighted by atomic mass is 19.1. The molecule has 19 heavy (non-hydrogen) atoms. The van der Waals surface area contributed by atoms with Crippen LogP contribution in [0.2, 0.25) is 0 Å². The zero-order valence-corrected chi connectivity index (χ0v) is 12.5. The summed E-state index contributed by atoms with van der Waals surface area (Å²) in [5.74, 6) is -0.182. The van der Waals surface area contributed by atoms with Gasteiger partial charge in [0.2, 0.25) is 0 Å². The number of hydrogen-bond donors (Lipinski definition) is 1. The molecule has 3 nitrogen and oxygen atoms in total. The van der Waals surface area contributed by atoms with Crippen molar-refractivity contribution >= 4 is 11.4 Å². The molecule has 0 bridgehead atoms. The maximum absolute atomic E-state index is 14.0. The van der Waals surface area contributed by atoms with Crippen molar-refractivity contribution in [3.05, 3.63) is 23.5 Å². The van der Waals surface area contributed by atoms with E-state index < -0.39 is 0 Å². The summed E-state index contributed by atoms with van der Waals surface area (Å²) in [6.45, 7) is 6.73. The van der Waals surface area contributed by atoms with E-state index in [0.717, 1.165) is 43.7 Å². The number of nitrogen functional groups attached to an aromatic ring is 1. The first-order chi connectivity index (χ1) is 9.08. The number of aryl methyl sites for hydroxylation is 1. The molecule has 1 aromatic rings. The summed E-state index contributed by atoms with van der Waals surface area (Å²) < 4.78 is 14.0. The number of anilines is 2. The fraction of sp³-hybridized carbons (Fsp3) is 0.600. The molecule has 1 aromatic carbocycles. The standard InChI is InChI=1S/C13H20FN3.C2H6/c1-16(2)6-7-17-5-3-4-10-8-11(15)9-12(14)13(10)17;1-2/h8-9H,3-7,15H2,1-2H3;1-2H3. The van der Waals surface area contributed by atoms with Crippen molar-refractivity contribution in [2.24, 2.45) is 0 Å². The van der Waals surface area contributed by atoms with Gasteiger partial charge in [0.05, 0.1) is 5.69 Å². The molecule has 0 saturated carbocycles. The van der Waals surface area contributed by atoms with Crippen molar-refractivity contribution < 1.29 is 4.39 Å². The molecule has 0 unspecified atom stereocenters.